The molecule has 0 unspecified atom stereocenters. The average Bonchev–Trinajstić information content (AvgIpc) is 3.37. The summed E-state index contributed by atoms with van der Waals surface area (Å²) in [5, 5.41) is 8.91. The number of aromatic amines is 2. The van der Waals surface area contributed by atoms with Crippen LogP contribution in [0.5, 0.6) is 11.5 Å². The van der Waals surface area contributed by atoms with Gasteiger partial charge in [-0.1, -0.05) is 6.07 Å². The van der Waals surface area contributed by atoms with E-state index in [2.05, 4.69) is 31.4 Å². The largest absolute Gasteiger partial charge is 0.493 e. The van der Waals surface area contributed by atoms with Gasteiger partial charge in [-0.2, -0.15) is 0 Å². The van der Waals surface area contributed by atoms with Gasteiger partial charge in [0, 0.05) is 22.6 Å². The topological polar surface area (TPSA) is 96.2 Å². The molecule has 160 valence electrons. The first-order valence-corrected chi connectivity index (χ1v) is 11.4. The van der Waals surface area contributed by atoms with E-state index in [-0.39, 0.29) is 23.2 Å². The number of fused-ring (bicyclic) bond motifs is 1. The Hall–Kier alpha value is -2.78. The molecule has 5 rings (SSSR count). The third-order valence-corrected chi connectivity index (χ3v) is 7.62. The van der Waals surface area contributed by atoms with Crippen molar-refractivity contribution in [2.24, 2.45) is 0 Å². The molecule has 2 aromatic heterocycles. The summed E-state index contributed by atoms with van der Waals surface area (Å²) >= 11 is 5.04. The molecule has 3 aromatic rings. The van der Waals surface area contributed by atoms with Gasteiger partial charge in [0.2, 0.25) is 0 Å². The maximum atomic E-state index is 13.4. The predicted molar refractivity (Wildman–Crippen MR) is 122 cm³/mol. The highest BCUT2D eigenvalue weighted by Crippen LogP contribution is 2.48. The van der Waals surface area contributed by atoms with E-state index in [4.69, 9.17) is 9.47 Å². The second-order valence-corrected chi connectivity index (χ2v) is 10.1. The van der Waals surface area contributed by atoms with Crippen LogP contribution in [0.3, 0.4) is 0 Å². The first-order chi connectivity index (χ1) is 15.0. The summed E-state index contributed by atoms with van der Waals surface area (Å²) in [6.45, 7) is 0. The van der Waals surface area contributed by atoms with Crippen molar-refractivity contribution in [3.8, 4) is 11.5 Å². The van der Waals surface area contributed by atoms with E-state index in [0.717, 1.165) is 19.9 Å². The van der Waals surface area contributed by atoms with Gasteiger partial charge >= 0.3 is 0 Å². The van der Waals surface area contributed by atoms with Crippen molar-refractivity contribution in [2.75, 3.05) is 19.5 Å². The highest BCUT2D eigenvalue weighted by molar-refractivity contribution is 9.11. The number of carbonyl (C=O) groups is 1. The minimum absolute atomic E-state index is 0.00138. The number of carbonyl (C=O) groups excluding carboxylic acids is 1. The molecule has 0 fully saturated rings. The fourth-order valence-corrected chi connectivity index (χ4v) is 6.08. The Labute approximate surface area is 190 Å². The van der Waals surface area contributed by atoms with Gasteiger partial charge in [-0.25, -0.2) is 0 Å². The van der Waals surface area contributed by atoms with Crippen LogP contribution in [0.25, 0.3) is 0 Å². The molecule has 3 N–H and O–H groups in total. The van der Waals surface area contributed by atoms with Crippen LogP contribution >= 0.6 is 27.3 Å². The molecule has 0 amide bonds. The van der Waals surface area contributed by atoms with Crippen LogP contribution in [0.15, 0.2) is 50.2 Å². The Balaban J connectivity index is 1.58. The lowest BCUT2D eigenvalue weighted by Gasteiger charge is -2.34. The Morgan fingerprint density at radius 1 is 1.03 bits per heavy atom. The van der Waals surface area contributed by atoms with Gasteiger partial charge in [0.25, 0.3) is 5.56 Å². The number of thiophene rings is 1. The van der Waals surface area contributed by atoms with Crippen molar-refractivity contribution in [1.29, 1.82) is 0 Å². The van der Waals surface area contributed by atoms with Gasteiger partial charge in [-0.3, -0.25) is 19.8 Å². The maximum Gasteiger partial charge on any atom is 0.270 e. The Morgan fingerprint density at radius 3 is 2.55 bits per heavy atom. The van der Waals surface area contributed by atoms with E-state index in [9.17, 15) is 9.59 Å². The Bertz CT molecular complexity index is 1270. The third-order valence-electron chi connectivity index (χ3n) is 5.93. The van der Waals surface area contributed by atoms with Gasteiger partial charge < -0.3 is 14.8 Å². The normalized spacial score (nSPS) is 20.2. The van der Waals surface area contributed by atoms with Crippen molar-refractivity contribution in [3.63, 3.8) is 0 Å². The number of H-pyrrole nitrogens is 2. The van der Waals surface area contributed by atoms with Crippen LogP contribution in [0.2, 0.25) is 0 Å². The van der Waals surface area contributed by atoms with E-state index < -0.39 is 0 Å². The van der Waals surface area contributed by atoms with Crippen molar-refractivity contribution in [1.82, 2.24) is 10.2 Å². The van der Waals surface area contributed by atoms with Crippen molar-refractivity contribution in [3.05, 3.63) is 71.7 Å². The predicted octanol–water partition coefficient (Wildman–Crippen LogP) is 4.50. The molecule has 1 aliphatic heterocycles. The minimum atomic E-state index is -0.378. The number of Topliss-reactive ketones (excluding diaryl/α,β-unsaturated/α-hetero) is 1. The number of aromatic nitrogens is 2. The lowest BCUT2D eigenvalue weighted by Crippen LogP contribution is -2.31. The number of hydrogen-bond acceptors (Lipinski definition) is 6. The molecule has 0 radical (unpaired) electrons. The molecular formula is C22H20BrN3O4S. The summed E-state index contributed by atoms with van der Waals surface area (Å²) < 4.78 is 11.7. The molecule has 0 bridgehead atoms. The summed E-state index contributed by atoms with van der Waals surface area (Å²) in [6.07, 6.45) is 1.03. The fourth-order valence-electron chi connectivity index (χ4n) is 4.53. The number of nitrogens with one attached hydrogen (secondary N) is 3. The summed E-state index contributed by atoms with van der Waals surface area (Å²) in [5.41, 5.74) is 2.91. The number of hydrogen-bond donors (Lipinski definition) is 3. The first-order valence-electron chi connectivity index (χ1n) is 9.81. The van der Waals surface area contributed by atoms with Crippen LogP contribution in [-0.4, -0.2) is 30.2 Å². The molecule has 1 aliphatic carbocycles. The van der Waals surface area contributed by atoms with E-state index >= 15 is 0 Å². The van der Waals surface area contributed by atoms with E-state index in [1.54, 1.807) is 14.2 Å². The quantitative estimate of drug-likeness (QED) is 0.488. The van der Waals surface area contributed by atoms with E-state index in [1.165, 1.54) is 11.3 Å². The zero-order chi connectivity index (χ0) is 21.7. The van der Waals surface area contributed by atoms with Crippen LogP contribution < -0.4 is 20.3 Å². The summed E-state index contributed by atoms with van der Waals surface area (Å²) in [5.74, 6) is 1.59. The Morgan fingerprint density at radius 2 is 1.84 bits per heavy atom. The van der Waals surface area contributed by atoms with Crippen LogP contribution in [0, 0.1) is 0 Å². The van der Waals surface area contributed by atoms with Crippen LogP contribution in [0.1, 0.15) is 40.7 Å². The second-order valence-electron chi connectivity index (χ2n) is 7.60. The average molecular weight is 502 g/mol. The van der Waals surface area contributed by atoms with Gasteiger partial charge in [0.1, 0.15) is 5.82 Å². The first kappa shape index (κ1) is 20.1. The zero-order valence-corrected chi connectivity index (χ0v) is 19.3. The summed E-state index contributed by atoms with van der Waals surface area (Å²) in [7, 11) is 3.20. The molecule has 0 saturated heterocycles. The fraction of sp³-hybridized carbons (Fsp3) is 0.273. The number of methoxy groups -OCH3 is 2. The van der Waals surface area contributed by atoms with Gasteiger partial charge in [0.05, 0.1) is 29.5 Å². The number of rotatable bonds is 4. The molecule has 3 heterocycles. The zero-order valence-electron chi connectivity index (χ0n) is 16.9. The van der Waals surface area contributed by atoms with Crippen molar-refractivity contribution >= 4 is 38.9 Å². The van der Waals surface area contributed by atoms with Crippen LogP contribution in [-0.2, 0) is 4.79 Å². The van der Waals surface area contributed by atoms with Crippen molar-refractivity contribution < 1.29 is 14.3 Å². The molecular weight excluding hydrogens is 482 g/mol. The number of anilines is 1. The van der Waals surface area contributed by atoms with Gasteiger partial charge in [-0.05, 0) is 58.1 Å². The highest BCUT2D eigenvalue weighted by Gasteiger charge is 2.41. The van der Waals surface area contributed by atoms with E-state index in [1.807, 2.05) is 30.3 Å². The SMILES string of the molecule is COc1ccc([C@@H]2CC(=O)C3=C(C2)Nc2[nH][nH]c(=O)c2[C@H]3c2ccc(Br)s2)cc1OC. The lowest BCUT2D eigenvalue weighted by molar-refractivity contribution is -0.116. The standard InChI is InChI=1S/C22H20BrN3O4S/c1-29-14-4-3-10(9-15(14)30-2)11-7-12-18(13(27)8-11)19(16-5-6-17(23)31-16)20-21(24-12)25-26-22(20)28/h3-6,9,11,19H,7-8H2,1-2H3,(H3,24,25,26,28)/t11-,19-/m0/s1. The van der Waals surface area contributed by atoms with Gasteiger partial charge in [-0.15, -0.1) is 11.3 Å². The van der Waals surface area contributed by atoms with Crippen LogP contribution in [0.4, 0.5) is 5.82 Å². The monoisotopic (exact) mass is 501 g/mol. The van der Waals surface area contributed by atoms with Gasteiger partial charge in [0.15, 0.2) is 17.3 Å². The molecule has 0 spiro atoms. The maximum absolute atomic E-state index is 13.4. The number of allylic oxidation sites excluding steroid dienone is 2. The number of ether oxygens (including phenoxy) is 2. The highest BCUT2D eigenvalue weighted by atomic mass is 79.9. The number of ketones is 1. The molecule has 7 nitrogen and oxygen atoms in total. The number of halogens is 1. The number of benzene rings is 1. The molecule has 2 atom stereocenters. The smallest absolute Gasteiger partial charge is 0.270 e. The summed E-state index contributed by atoms with van der Waals surface area (Å²) in [4.78, 5) is 27.0. The molecule has 2 aliphatic rings. The minimum Gasteiger partial charge on any atom is -0.493 e. The molecule has 0 saturated carbocycles. The molecule has 31 heavy (non-hydrogen) atoms. The summed E-state index contributed by atoms with van der Waals surface area (Å²) in [6, 6.07) is 9.69. The van der Waals surface area contributed by atoms with Crippen molar-refractivity contribution in [2.45, 2.75) is 24.7 Å². The third kappa shape index (κ3) is 3.32. The Kier molecular flexibility index (Phi) is 5.02. The second kappa shape index (κ2) is 7.72. The van der Waals surface area contributed by atoms with E-state index in [0.29, 0.717) is 41.3 Å². The molecule has 9 heteroatoms. The lowest BCUT2D eigenvalue weighted by atomic mass is 9.74. The molecule has 1 aromatic carbocycles.